The second-order valence-corrected chi connectivity index (χ2v) is 16.8. The van der Waals surface area contributed by atoms with Crippen LogP contribution in [0.5, 0.6) is 0 Å². The molecule has 0 amide bonds. The van der Waals surface area contributed by atoms with Gasteiger partial charge >= 0.3 is 17.9 Å². The van der Waals surface area contributed by atoms with Crippen molar-refractivity contribution in [1.29, 1.82) is 0 Å². The van der Waals surface area contributed by atoms with E-state index in [0.29, 0.717) is 19.3 Å². The number of carbonyl (C=O) groups excluding carboxylic acids is 3. The Morgan fingerprint density at radius 1 is 0.339 bits per heavy atom. The molecule has 0 aromatic heterocycles. The van der Waals surface area contributed by atoms with Crippen LogP contribution in [0.25, 0.3) is 0 Å². The van der Waals surface area contributed by atoms with E-state index in [0.717, 1.165) is 89.9 Å². The summed E-state index contributed by atoms with van der Waals surface area (Å²) in [7, 11) is 0. The van der Waals surface area contributed by atoms with Crippen molar-refractivity contribution in [3.05, 3.63) is 85.1 Å². The average Bonchev–Trinajstić information content (AvgIpc) is 3.27. The van der Waals surface area contributed by atoms with Gasteiger partial charge < -0.3 is 14.2 Å². The second kappa shape index (κ2) is 50.2. The number of unbranched alkanes of at least 4 members (excludes halogenated alkanes) is 24. The van der Waals surface area contributed by atoms with Gasteiger partial charge in [-0.1, -0.05) is 209 Å². The van der Waals surface area contributed by atoms with E-state index in [2.05, 4.69) is 69.4 Å². The Kier molecular flexibility index (Phi) is 47.5. The van der Waals surface area contributed by atoms with E-state index in [4.69, 9.17) is 14.2 Å². The molecule has 0 spiro atoms. The summed E-state index contributed by atoms with van der Waals surface area (Å²) in [6, 6.07) is 0. The van der Waals surface area contributed by atoms with Crippen molar-refractivity contribution in [3.63, 3.8) is 0 Å². The molecule has 0 N–H and O–H groups in total. The number of carbonyl (C=O) groups is 3. The van der Waals surface area contributed by atoms with E-state index in [9.17, 15) is 14.4 Å². The highest BCUT2D eigenvalue weighted by Crippen LogP contribution is 2.14. The van der Waals surface area contributed by atoms with E-state index in [-0.39, 0.29) is 31.1 Å². The normalized spacial score (nSPS) is 12.8. The van der Waals surface area contributed by atoms with Gasteiger partial charge in [0.05, 0.1) is 0 Å². The predicted octanol–water partition coefficient (Wildman–Crippen LogP) is 16.8. The summed E-state index contributed by atoms with van der Waals surface area (Å²) in [5.41, 5.74) is 0. The molecule has 0 heterocycles. The SMILES string of the molecule is CC/C=C/C=C/C=C/C=C/CCCCCC(=O)OCC(COC(=O)CCCCCCC/C=C/CCCCCCCCC)OC(=O)CCCCCCCC/C=C/C=C/CCCCC. The summed E-state index contributed by atoms with van der Waals surface area (Å²) in [4.78, 5) is 37.9. The van der Waals surface area contributed by atoms with Gasteiger partial charge in [0.1, 0.15) is 13.2 Å². The first-order valence-electron chi connectivity index (χ1n) is 25.7. The van der Waals surface area contributed by atoms with Gasteiger partial charge in [0.15, 0.2) is 6.10 Å². The quantitative estimate of drug-likeness (QED) is 0.0199. The summed E-state index contributed by atoms with van der Waals surface area (Å²) in [5, 5.41) is 0. The number of rotatable bonds is 45. The fourth-order valence-corrected chi connectivity index (χ4v) is 6.85. The maximum Gasteiger partial charge on any atom is 0.306 e. The topological polar surface area (TPSA) is 78.9 Å². The predicted molar refractivity (Wildman–Crippen MR) is 265 cm³/mol. The number of allylic oxidation sites excluding steroid dienone is 14. The van der Waals surface area contributed by atoms with Crippen molar-refractivity contribution in [3.8, 4) is 0 Å². The Morgan fingerprint density at radius 3 is 1.10 bits per heavy atom. The molecule has 1 atom stereocenters. The molecule has 0 bridgehead atoms. The highest BCUT2D eigenvalue weighted by atomic mass is 16.6. The Labute approximate surface area is 382 Å². The molecule has 354 valence electrons. The lowest BCUT2D eigenvalue weighted by molar-refractivity contribution is -0.167. The van der Waals surface area contributed by atoms with Crippen molar-refractivity contribution in [1.82, 2.24) is 0 Å². The molecule has 0 fully saturated rings. The molecule has 0 rings (SSSR count). The van der Waals surface area contributed by atoms with Crippen LogP contribution >= 0.6 is 0 Å². The molecule has 0 aliphatic carbocycles. The van der Waals surface area contributed by atoms with Gasteiger partial charge in [0.2, 0.25) is 0 Å². The minimum atomic E-state index is -0.802. The van der Waals surface area contributed by atoms with E-state index >= 15 is 0 Å². The van der Waals surface area contributed by atoms with Crippen LogP contribution in [0.3, 0.4) is 0 Å². The first-order valence-corrected chi connectivity index (χ1v) is 25.7. The van der Waals surface area contributed by atoms with Gasteiger partial charge in [-0.15, -0.1) is 0 Å². The van der Waals surface area contributed by atoms with E-state index < -0.39 is 6.10 Å². The molecule has 0 aromatic carbocycles. The summed E-state index contributed by atoms with van der Waals surface area (Å²) in [6.45, 7) is 6.41. The first kappa shape index (κ1) is 58.6. The molecule has 0 aliphatic rings. The van der Waals surface area contributed by atoms with E-state index in [1.165, 1.54) is 103 Å². The smallest absolute Gasteiger partial charge is 0.306 e. The highest BCUT2D eigenvalue weighted by molar-refractivity contribution is 5.71. The summed E-state index contributed by atoms with van der Waals surface area (Å²) in [5.74, 6) is -0.960. The lowest BCUT2D eigenvalue weighted by Gasteiger charge is -2.18. The first-order chi connectivity index (χ1) is 30.5. The third kappa shape index (κ3) is 47.6. The zero-order valence-corrected chi connectivity index (χ0v) is 40.4. The van der Waals surface area contributed by atoms with Gasteiger partial charge in [-0.25, -0.2) is 0 Å². The standard InChI is InChI=1S/C56H94O6/c1-4-7-10-13-16-19-22-25-27-29-31-34-37-40-43-46-49-55(58)61-52-53(51-60-54(57)48-45-42-39-36-33-30-24-21-18-15-12-9-6-3)62-56(59)50-47-44-41-38-35-32-28-26-23-20-17-14-11-8-5-2/h9,12,15,17-18,20-21,23-24,26-27,29-30,33,53H,4-8,10-11,13-14,16,19,22,25,28,31-32,34-52H2,1-3H3/b12-9+,18-15+,20-17+,24-21+,26-23+,29-27+,33-30+. The van der Waals surface area contributed by atoms with Crippen LogP contribution in [0.1, 0.15) is 233 Å². The monoisotopic (exact) mass is 863 g/mol. The fourth-order valence-electron chi connectivity index (χ4n) is 6.85. The largest absolute Gasteiger partial charge is 0.462 e. The van der Waals surface area contributed by atoms with Crippen molar-refractivity contribution in [2.45, 2.75) is 239 Å². The molecule has 6 heteroatoms. The van der Waals surface area contributed by atoms with Gasteiger partial charge in [-0.05, 0) is 89.9 Å². The average molecular weight is 863 g/mol. The van der Waals surface area contributed by atoms with Crippen LogP contribution in [0.4, 0.5) is 0 Å². The molecule has 62 heavy (non-hydrogen) atoms. The summed E-state index contributed by atoms with van der Waals surface area (Å²) >= 11 is 0. The third-order valence-electron chi connectivity index (χ3n) is 10.7. The van der Waals surface area contributed by atoms with E-state index in [1.807, 2.05) is 36.5 Å². The number of esters is 3. The van der Waals surface area contributed by atoms with Crippen LogP contribution in [-0.2, 0) is 28.6 Å². The zero-order chi connectivity index (χ0) is 45.1. The van der Waals surface area contributed by atoms with Gasteiger partial charge in [0, 0.05) is 19.3 Å². The number of ether oxygens (including phenoxy) is 3. The molecular weight excluding hydrogens is 769 g/mol. The minimum absolute atomic E-state index is 0.0991. The van der Waals surface area contributed by atoms with Gasteiger partial charge in [-0.2, -0.15) is 0 Å². The van der Waals surface area contributed by atoms with Crippen molar-refractivity contribution in [2.24, 2.45) is 0 Å². The van der Waals surface area contributed by atoms with Crippen LogP contribution in [-0.4, -0.2) is 37.2 Å². The van der Waals surface area contributed by atoms with Crippen molar-refractivity contribution in [2.75, 3.05) is 13.2 Å². The zero-order valence-electron chi connectivity index (χ0n) is 40.4. The minimum Gasteiger partial charge on any atom is -0.462 e. The van der Waals surface area contributed by atoms with Crippen LogP contribution in [0, 0.1) is 0 Å². The molecule has 0 saturated heterocycles. The highest BCUT2D eigenvalue weighted by Gasteiger charge is 2.19. The maximum atomic E-state index is 12.8. The summed E-state index contributed by atoms with van der Waals surface area (Å²) in [6.07, 6.45) is 64.2. The lowest BCUT2D eigenvalue weighted by atomic mass is 10.1. The fraction of sp³-hybridized carbons (Fsp3) is 0.696. The Bertz CT molecular complexity index is 1220. The van der Waals surface area contributed by atoms with Crippen molar-refractivity contribution >= 4 is 17.9 Å². The number of hydrogen-bond donors (Lipinski definition) is 0. The van der Waals surface area contributed by atoms with Gasteiger partial charge in [0.25, 0.3) is 0 Å². The van der Waals surface area contributed by atoms with Crippen LogP contribution < -0.4 is 0 Å². The molecule has 0 aromatic rings. The molecule has 0 radical (unpaired) electrons. The third-order valence-corrected chi connectivity index (χ3v) is 10.7. The molecule has 0 aliphatic heterocycles. The van der Waals surface area contributed by atoms with Crippen LogP contribution in [0.15, 0.2) is 85.1 Å². The Hall–Kier alpha value is -3.41. The molecule has 6 nitrogen and oxygen atoms in total. The molecule has 0 saturated carbocycles. The van der Waals surface area contributed by atoms with Crippen LogP contribution in [0.2, 0.25) is 0 Å². The summed E-state index contributed by atoms with van der Waals surface area (Å²) < 4.78 is 16.7. The van der Waals surface area contributed by atoms with Gasteiger partial charge in [-0.3, -0.25) is 14.4 Å². The molecular formula is C56H94O6. The second-order valence-electron chi connectivity index (χ2n) is 16.8. The Balaban J connectivity index is 4.47. The Morgan fingerprint density at radius 2 is 0.645 bits per heavy atom. The van der Waals surface area contributed by atoms with E-state index in [1.54, 1.807) is 0 Å². The lowest BCUT2D eigenvalue weighted by Crippen LogP contribution is -2.30. The number of hydrogen-bond acceptors (Lipinski definition) is 6. The molecule has 1 unspecified atom stereocenters. The maximum absolute atomic E-state index is 12.8. The van der Waals surface area contributed by atoms with Crippen molar-refractivity contribution < 1.29 is 28.6 Å².